The second-order valence-electron chi connectivity index (χ2n) is 9.21. The minimum atomic E-state index is -4.02. The number of hydrogen-bond donors (Lipinski definition) is 2. The highest BCUT2D eigenvalue weighted by molar-refractivity contribution is 7.92. The molecule has 4 rings (SSSR count). The van der Waals surface area contributed by atoms with Gasteiger partial charge in [-0.3, -0.25) is 9.71 Å². The molecule has 0 radical (unpaired) electrons. The third kappa shape index (κ3) is 4.63. The van der Waals surface area contributed by atoms with Crippen molar-refractivity contribution in [2.45, 2.75) is 31.1 Å². The van der Waals surface area contributed by atoms with Gasteiger partial charge in [-0.1, -0.05) is 56.6 Å². The van der Waals surface area contributed by atoms with Gasteiger partial charge in [-0.15, -0.1) is 0 Å². The number of carbonyl (C=O) groups is 1. The Labute approximate surface area is 214 Å². The molecule has 0 aliphatic carbocycles. The fraction of sp³-hybridized carbons (Fsp3) is 0.148. The van der Waals surface area contributed by atoms with Crippen LogP contribution >= 0.6 is 11.6 Å². The zero-order chi connectivity index (χ0) is 26.3. The number of carboxylic acid groups (broad SMARTS) is 1. The fourth-order valence-corrected chi connectivity index (χ4v) is 5.29. The number of sulfonamides is 1. The van der Waals surface area contributed by atoms with Crippen LogP contribution in [0.1, 0.15) is 42.3 Å². The fourth-order valence-electron chi connectivity index (χ4n) is 3.91. The number of nitriles is 1. The Morgan fingerprint density at radius 3 is 2.36 bits per heavy atom. The van der Waals surface area contributed by atoms with E-state index in [0.29, 0.717) is 10.9 Å². The average molecular weight is 520 g/mol. The number of carboxylic acids is 1. The van der Waals surface area contributed by atoms with Crippen molar-refractivity contribution in [3.8, 4) is 17.2 Å². The van der Waals surface area contributed by atoms with Gasteiger partial charge < -0.3 is 5.11 Å². The molecule has 0 aliphatic heterocycles. The van der Waals surface area contributed by atoms with Crippen LogP contribution in [0.2, 0.25) is 5.02 Å². The third-order valence-electron chi connectivity index (χ3n) is 5.81. The molecule has 0 atom stereocenters. The molecule has 182 valence electrons. The van der Waals surface area contributed by atoms with E-state index in [1.807, 2.05) is 26.8 Å². The van der Waals surface area contributed by atoms with Gasteiger partial charge in [0.05, 0.1) is 32.2 Å². The number of benzene rings is 3. The Balaban J connectivity index is 1.90. The second-order valence-corrected chi connectivity index (χ2v) is 11.3. The van der Waals surface area contributed by atoms with E-state index in [-0.39, 0.29) is 43.2 Å². The highest BCUT2D eigenvalue weighted by Crippen LogP contribution is 2.41. The predicted octanol–water partition coefficient (Wildman–Crippen LogP) is 6.22. The lowest BCUT2D eigenvalue weighted by Crippen LogP contribution is -2.15. The monoisotopic (exact) mass is 519 g/mol. The van der Waals surface area contributed by atoms with E-state index in [4.69, 9.17) is 11.6 Å². The maximum absolute atomic E-state index is 13.3. The normalized spacial score (nSPS) is 11.8. The van der Waals surface area contributed by atoms with Crippen molar-refractivity contribution in [2.24, 2.45) is 0 Å². The number of nitrogens with one attached hydrogen (secondary N) is 1. The summed E-state index contributed by atoms with van der Waals surface area (Å²) in [6, 6.07) is 17.7. The number of fused-ring (bicyclic) bond motifs is 1. The molecule has 9 heteroatoms. The molecule has 0 spiro atoms. The lowest BCUT2D eigenvalue weighted by atomic mass is 9.87. The summed E-state index contributed by atoms with van der Waals surface area (Å²) in [6.07, 6.45) is 1.47. The first-order valence-corrected chi connectivity index (χ1v) is 12.8. The summed E-state index contributed by atoms with van der Waals surface area (Å²) in [5, 5.41) is 19.6. The number of nitrogens with zero attached hydrogens (tertiary/aromatic N) is 2. The van der Waals surface area contributed by atoms with E-state index in [9.17, 15) is 23.6 Å². The molecule has 0 amide bonds. The van der Waals surface area contributed by atoms with Gasteiger partial charge >= 0.3 is 5.97 Å². The Hall–Kier alpha value is -3.93. The second kappa shape index (κ2) is 9.26. The van der Waals surface area contributed by atoms with Crippen molar-refractivity contribution in [1.29, 1.82) is 5.26 Å². The molecule has 0 bridgehead atoms. The number of aromatic carboxylic acids is 1. The zero-order valence-corrected chi connectivity index (χ0v) is 21.3. The summed E-state index contributed by atoms with van der Waals surface area (Å²) >= 11 is 6.60. The molecular weight excluding hydrogens is 498 g/mol. The highest BCUT2D eigenvalue weighted by Gasteiger charge is 2.23. The van der Waals surface area contributed by atoms with Gasteiger partial charge in [-0.25, -0.2) is 13.2 Å². The summed E-state index contributed by atoms with van der Waals surface area (Å²) in [5.74, 6) is -1.15. The third-order valence-corrected chi connectivity index (χ3v) is 7.58. The first-order valence-electron chi connectivity index (χ1n) is 10.9. The number of halogens is 1. The van der Waals surface area contributed by atoms with Crippen molar-refractivity contribution in [3.05, 3.63) is 88.6 Å². The largest absolute Gasteiger partial charge is 0.478 e. The number of hydrogen-bond acceptors (Lipinski definition) is 5. The summed E-state index contributed by atoms with van der Waals surface area (Å²) < 4.78 is 29.2. The average Bonchev–Trinajstić information content (AvgIpc) is 2.83. The van der Waals surface area contributed by atoms with Gasteiger partial charge in [-0.05, 0) is 52.9 Å². The number of pyridine rings is 1. The molecule has 0 saturated heterocycles. The van der Waals surface area contributed by atoms with E-state index in [1.54, 1.807) is 24.3 Å². The SMILES string of the molecule is CC(C)(C)c1ccc(S(=O)(=O)Nc2ccc(C#N)c(Cl)c2-c2ccc(C(=O)O)c3ncccc23)cc1. The van der Waals surface area contributed by atoms with Crippen LogP contribution in [0.15, 0.2) is 71.8 Å². The van der Waals surface area contributed by atoms with Crippen LogP contribution in [0.4, 0.5) is 5.69 Å². The molecule has 7 nitrogen and oxygen atoms in total. The van der Waals surface area contributed by atoms with Gasteiger partial charge in [0.25, 0.3) is 10.0 Å². The minimum Gasteiger partial charge on any atom is -0.478 e. The van der Waals surface area contributed by atoms with Crippen molar-refractivity contribution in [1.82, 2.24) is 4.98 Å². The number of aromatic nitrogens is 1. The van der Waals surface area contributed by atoms with E-state index in [1.165, 1.54) is 42.6 Å². The molecular formula is C27H22ClN3O4S. The molecule has 3 aromatic carbocycles. The molecule has 1 aromatic heterocycles. The Morgan fingerprint density at radius 1 is 1.06 bits per heavy atom. The highest BCUT2D eigenvalue weighted by atomic mass is 35.5. The quantitative estimate of drug-likeness (QED) is 0.323. The zero-order valence-electron chi connectivity index (χ0n) is 19.7. The van der Waals surface area contributed by atoms with Crippen LogP contribution in [0.25, 0.3) is 22.0 Å². The Bertz CT molecular complexity index is 1650. The van der Waals surface area contributed by atoms with Crippen LogP contribution in [-0.2, 0) is 15.4 Å². The first kappa shape index (κ1) is 25.2. The molecule has 0 unspecified atom stereocenters. The lowest BCUT2D eigenvalue weighted by Gasteiger charge is -2.20. The molecule has 2 N–H and O–H groups in total. The molecule has 36 heavy (non-hydrogen) atoms. The van der Waals surface area contributed by atoms with Gasteiger partial charge in [0.2, 0.25) is 0 Å². The maximum atomic E-state index is 13.3. The topological polar surface area (TPSA) is 120 Å². The van der Waals surface area contributed by atoms with E-state index in [0.717, 1.165) is 5.56 Å². The molecule has 1 heterocycles. The van der Waals surface area contributed by atoms with Gasteiger partial charge in [-0.2, -0.15) is 5.26 Å². The Morgan fingerprint density at radius 2 is 1.75 bits per heavy atom. The smallest absolute Gasteiger partial charge is 0.337 e. The summed E-state index contributed by atoms with van der Waals surface area (Å²) in [4.78, 5) is 16.0. The summed E-state index contributed by atoms with van der Waals surface area (Å²) in [6.45, 7) is 6.11. The van der Waals surface area contributed by atoms with Crippen molar-refractivity contribution < 1.29 is 18.3 Å². The van der Waals surface area contributed by atoms with E-state index >= 15 is 0 Å². The van der Waals surface area contributed by atoms with Crippen molar-refractivity contribution >= 4 is 44.2 Å². The Kier molecular flexibility index (Phi) is 6.48. The van der Waals surface area contributed by atoms with Crippen LogP contribution in [0.3, 0.4) is 0 Å². The van der Waals surface area contributed by atoms with Gasteiger partial charge in [0, 0.05) is 17.1 Å². The van der Waals surface area contributed by atoms with E-state index < -0.39 is 16.0 Å². The summed E-state index contributed by atoms with van der Waals surface area (Å²) in [5.41, 5.74) is 2.03. The maximum Gasteiger partial charge on any atom is 0.337 e. The lowest BCUT2D eigenvalue weighted by molar-refractivity contribution is 0.0699. The molecule has 0 aliphatic rings. The van der Waals surface area contributed by atoms with Crippen molar-refractivity contribution in [2.75, 3.05) is 4.72 Å². The molecule has 4 aromatic rings. The van der Waals surface area contributed by atoms with Crippen LogP contribution in [0, 0.1) is 11.3 Å². The van der Waals surface area contributed by atoms with E-state index in [2.05, 4.69) is 9.71 Å². The number of rotatable bonds is 5. The van der Waals surface area contributed by atoms with Crippen LogP contribution in [-0.4, -0.2) is 24.5 Å². The first-order chi connectivity index (χ1) is 16.9. The minimum absolute atomic E-state index is 0.0111. The predicted molar refractivity (Wildman–Crippen MR) is 140 cm³/mol. The summed E-state index contributed by atoms with van der Waals surface area (Å²) in [7, 11) is -4.02. The van der Waals surface area contributed by atoms with Crippen molar-refractivity contribution in [3.63, 3.8) is 0 Å². The standard InChI is InChI=1S/C27H22ClN3O4S/c1-27(2,3)17-7-9-18(10-8-17)36(34,35)31-22-13-6-16(15-29)24(28)23(22)19-11-12-21(26(32)33)25-20(19)5-4-14-30-25/h4-14,31H,1-3H3,(H,32,33). The molecule has 0 saturated carbocycles. The van der Waals surface area contributed by atoms with Crippen LogP contribution < -0.4 is 4.72 Å². The molecule has 0 fully saturated rings. The van der Waals surface area contributed by atoms with Gasteiger partial charge in [0.1, 0.15) is 6.07 Å². The van der Waals surface area contributed by atoms with Crippen LogP contribution in [0.5, 0.6) is 0 Å². The van der Waals surface area contributed by atoms with Gasteiger partial charge in [0.15, 0.2) is 0 Å². The number of anilines is 1.